The minimum atomic E-state index is 0.324. The zero-order chi connectivity index (χ0) is 17.1. The Morgan fingerprint density at radius 1 is 1.16 bits per heavy atom. The van der Waals surface area contributed by atoms with Crippen molar-refractivity contribution in [1.82, 2.24) is 15.2 Å². The van der Waals surface area contributed by atoms with Gasteiger partial charge in [-0.25, -0.2) is 0 Å². The first-order valence-electron chi connectivity index (χ1n) is 9.44. The summed E-state index contributed by atoms with van der Waals surface area (Å²) in [7, 11) is 0. The quantitative estimate of drug-likeness (QED) is 0.929. The number of rotatable bonds is 4. The van der Waals surface area contributed by atoms with E-state index in [-0.39, 0.29) is 0 Å². The molecule has 0 radical (unpaired) electrons. The maximum Gasteiger partial charge on any atom is 0.127 e. The average molecular weight is 337 g/mol. The van der Waals surface area contributed by atoms with Crippen LogP contribution in [0.4, 0.5) is 0 Å². The van der Waals surface area contributed by atoms with E-state index >= 15 is 0 Å². The van der Waals surface area contributed by atoms with E-state index in [1.54, 1.807) is 0 Å². The Morgan fingerprint density at radius 2 is 1.96 bits per heavy atom. The molecule has 1 aromatic carbocycles. The molecule has 2 aliphatic heterocycles. The highest BCUT2D eigenvalue weighted by Gasteiger charge is 2.29. The summed E-state index contributed by atoms with van der Waals surface area (Å²) in [5, 5.41) is 3.41. The first kappa shape index (κ1) is 16.6. The van der Waals surface area contributed by atoms with Gasteiger partial charge in [0.25, 0.3) is 0 Å². The van der Waals surface area contributed by atoms with Crippen LogP contribution in [0.1, 0.15) is 42.6 Å². The fourth-order valence-electron chi connectivity index (χ4n) is 4.00. The Kier molecular flexibility index (Phi) is 4.99. The van der Waals surface area contributed by atoms with Gasteiger partial charge in [0.2, 0.25) is 0 Å². The van der Waals surface area contributed by atoms with Gasteiger partial charge in [0, 0.05) is 37.3 Å². The SMILES string of the molecule is CC1c2c(OC3CCNCC3)ccnc2CCN1Cc1ccccc1. The Balaban J connectivity index is 1.55. The van der Waals surface area contributed by atoms with Crippen molar-refractivity contribution in [2.45, 2.75) is 44.9 Å². The molecule has 0 saturated carbocycles. The zero-order valence-corrected chi connectivity index (χ0v) is 14.9. The van der Waals surface area contributed by atoms with Crippen molar-refractivity contribution in [3.8, 4) is 5.75 Å². The second-order valence-corrected chi connectivity index (χ2v) is 7.12. The van der Waals surface area contributed by atoms with Gasteiger partial charge >= 0.3 is 0 Å². The van der Waals surface area contributed by atoms with E-state index in [1.165, 1.54) is 16.8 Å². The van der Waals surface area contributed by atoms with Crippen LogP contribution in [-0.2, 0) is 13.0 Å². The average Bonchev–Trinajstić information content (AvgIpc) is 2.66. The molecule has 4 heteroatoms. The second kappa shape index (κ2) is 7.54. The first-order valence-corrected chi connectivity index (χ1v) is 9.44. The van der Waals surface area contributed by atoms with Crippen molar-refractivity contribution in [2.75, 3.05) is 19.6 Å². The topological polar surface area (TPSA) is 37.4 Å². The van der Waals surface area contributed by atoms with Crippen LogP contribution < -0.4 is 10.1 Å². The van der Waals surface area contributed by atoms with Gasteiger partial charge in [-0.1, -0.05) is 30.3 Å². The van der Waals surface area contributed by atoms with E-state index in [4.69, 9.17) is 4.74 Å². The van der Waals surface area contributed by atoms with Crippen LogP contribution in [0.2, 0.25) is 0 Å². The summed E-state index contributed by atoms with van der Waals surface area (Å²) in [4.78, 5) is 7.18. The maximum absolute atomic E-state index is 6.42. The lowest BCUT2D eigenvalue weighted by molar-refractivity contribution is 0.145. The molecule has 0 amide bonds. The Hall–Kier alpha value is -1.91. The number of benzene rings is 1. The fraction of sp³-hybridized carbons (Fsp3) is 0.476. The Morgan fingerprint density at radius 3 is 2.76 bits per heavy atom. The standard InChI is InChI=1S/C21H27N3O/c1-16-21-19(10-14-24(16)15-17-5-3-2-4-6-17)23-13-9-20(21)25-18-7-11-22-12-8-18/h2-6,9,13,16,18,22H,7-8,10-12,14-15H2,1H3. The number of piperidine rings is 1. The second-order valence-electron chi connectivity index (χ2n) is 7.12. The first-order chi connectivity index (χ1) is 12.3. The number of aromatic nitrogens is 1. The molecule has 3 heterocycles. The van der Waals surface area contributed by atoms with E-state index in [0.29, 0.717) is 12.1 Å². The molecule has 0 bridgehead atoms. The van der Waals surface area contributed by atoms with Gasteiger partial charge in [-0.15, -0.1) is 0 Å². The molecule has 25 heavy (non-hydrogen) atoms. The monoisotopic (exact) mass is 337 g/mol. The number of nitrogens with zero attached hydrogens (tertiary/aromatic N) is 2. The Bertz CT molecular complexity index is 698. The summed E-state index contributed by atoms with van der Waals surface area (Å²) in [5.74, 6) is 1.04. The lowest BCUT2D eigenvalue weighted by Crippen LogP contribution is -2.36. The van der Waals surface area contributed by atoms with Crippen LogP contribution in [0.15, 0.2) is 42.6 Å². The van der Waals surface area contributed by atoms with Gasteiger partial charge in [0.15, 0.2) is 0 Å². The predicted molar refractivity (Wildman–Crippen MR) is 99.7 cm³/mol. The van der Waals surface area contributed by atoms with Crippen molar-refractivity contribution in [2.24, 2.45) is 0 Å². The third kappa shape index (κ3) is 3.70. The van der Waals surface area contributed by atoms with Gasteiger partial charge in [-0.3, -0.25) is 9.88 Å². The largest absolute Gasteiger partial charge is 0.490 e. The lowest BCUT2D eigenvalue weighted by atomic mass is 9.96. The minimum Gasteiger partial charge on any atom is -0.490 e. The number of pyridine rings is 1. The van der Waals surface area contributed by atoms with Crippen LogP contribution in [0.5, 0.6) is 5.75 Å². The summed E-state index contributed by atoms with van der Waals surface area (Å²) >= 11 is 0. The highest BCUT2D eigenvalue weighted by atomic mass is 16.5. The molecule has 0 spiro atoms. The Labute approximate surface area is 150 Å². The van der Waals surface area contributed by atoms with Crippen molar-refractivity contribution < 1.29 is 4.74 Å². The molecular weight excluding hydrogens is 310 g/mol. The smallest absolute Gasteiger partial charge is 0.127 e. The molecule has 1 fully saturated rings. The third-order valence-corrected chi connectivity index (χ3v) is 5.44. The highest BCUT2D eigenvalue weighted by molar-refractivity contribution is 5.40. The minimum absolute atomic E-state index is 0.324. The van der Waals surface area contributed by atoms with Gasteiger partial charge in [0.1, 0.15) is 11.9 Å². The van der Waals surface area contributed by atoms with E-state index < -0.39 is 0 Å². The van der Waals surface area contributed by atoms with Crippen molar-refractivity contribution in [3.63, 3.8) is 0 Å². The van der Waals surface area contributed by atoms with Gasteiger partial charge in [-0.05, 0) is 44.5 Å². The van der Waals surface area contributed by atoms with Crippen LogP contribution in [-0.4, -0.2) is 35.6 Å². The van der Waals surface area contributed by atoms with E-state index in [9.17, 15) is 0 Å². The van der Waals surface area contributed by atoms with E-state index in [1.807, 2.05) is 6.20 Å². The summed E-state index contributed by atoms with van der Waals surface area (Å²) in [6.45, 7) is 6.41. The highest BCUT2D eigenvalue weighted by Crippen LogP contribution is 2.36. The van der Waals surface area contributed by atoms with Crippen LogP contribution in [0.25, 0.3) is 0 Å². The number of nitrogens with one attached hydrogen (secondary N) is 1. The number of fused-ring (bicyclic) bond motifs is 1. The van der Waals surface area contributed by atoms with Gasteiger partial charge < -0.3 is 10.1 Å². The maximum atomic E-state index is 6.42. The summed E-state index contributed by atoms with van der Waals surface area (Å²) in [6, 6.07) is 13.1. The molecule has 1 atom stereocenters. The molecule has 4 nitrogen and oxygen atoms in total. The number of hydrogen-bond donors (Lipinski definition) is 1. The van der Waals surface area contributed by atoms with Gasteiger partial charge in [-0.2, -0.15) is 0 Å². The fourth-order valence-corrected chi connectivity index (χ4v) is 4.00. The molecule has 1 unspecified atom stereocenters. The lowest BCUT2D eigenvalue weighted by Gasteiger charge is -2.36. The number of ether oxygens (including phenoxy) is 1. The molecular formula is C21H27N3O. The summed E-state index contributed by atoms with van der Waals surface area (Å²) in [6.07, 6.45) is 5.40. The number of hydrogen-bond acceptors (Lipinski definition) is 4. The molecule has 0 aliphatic carbocycles. The van der Waals surface area contributed by atoms with E-state index in [2.05, 4.69) is 58.5 Å². The van der Waals surface area contributed by atoms with Crippen molar-refractivity contribution in [3.05, 3.63) is 59.4 Å². The van der Waals surface area contributed by atoms with Crippen LogP contribution in [0, 0.1) is 0 Å². The molecule has 2 aliphatic rings. The molecule has 1 N–H and O–H groups in total. The third-order valence-electron chi connectivity index (χ3n) is 5.44. The molecule has 1 aromatic heterocycles. The molecule has 132 valence electrons. The summed E-state index contributed by atoms with van der Waals surface area (Å²) < 4.78 is 6.42. The van der Waals surface area contributed by atoms with Crippen LogP contribution in [0.3, 0.4) is 0 Å². The van der Waals surface area contributed by atoms with Crippen molar-refractivity contribution >= 4 is 0 Å². The zero-order valence-electron chi connectivity index (χ0n) is 14.9. The van der Waals surface area contributed by atoms with Crippen LogP contribution >= 0.6 is 0 Å². The molecule has 1 saturated heterocycles. The van der Waals surface area contributed by atoms with Gasteiger partial charge in [0.05, 0.1) is 5.69 Å². The normalized spacial score (nSPS) is 21.7. The van der Waals surface area contributed by atoms with E-state index in [0.717, 1.165) is 51.2 Å². The molecule has 4 rings (SSSR count). The predicted octanol–water partition coefficient (Wildman–Crippen LogP) is 3.33. The van der Waals surface area contributed by atoms with Crippen molar-refractivity contribution in [1.29, 1.82) is 0 Å². The molecule has 2 aromatic rings. The summed E-state index contributed by atoms with van der Waals surface area (Å²) in [5.41, 5.74) is 3.87.